The standard InChI is InChI=1S/2C32H35.2CH3.H2Si.Zr/c2*1-21-12-22(2)15-27(14-21)29-10-11-30(28-16-23(3)13-24(4)17-28)32-20-26(19-31(29)32)18-25-8-6-5-7-9-25;;;;/h2*10-17,19-20,25H,5-9,18H2,1-4H3;2*1H3;1H2;. The molecule has 0 nitrogen and oxygen atoms in total. The van der Waals surface area contributed by atoms with E-state index in [1.54, 1.807) is 22.3 Å². The quantitative estimate of drug-likeness (QED) is 0.120. The van der Waals surface area contributed by atoms with Crippen molar-refractivity contribution in [3.63, 3.8) is 0 Å². The van der Waals surface area contributed by atoms with Gasteiger partial charge in [-0.1, -0.05) is 0 Å². The predicted molar refractivity (Wildman–Crippen MR) is 297 cm³/mol. The topological polar surface area (TPSA) is 0 Å². The molecule has 10 rings (SSSR count). The Morgan fingerprint density at radius 2 is 0.647 bits per heavy atom. The third-order valence-electron chi connectivity index (χ3n) is 17.1. The van der Waals surface area contributed by atoms with Crippen LogP contribution in [-0.2, 0) is 17.4 Å². The Morgan fingerprint density at radius 3 is 0.941 bits per heavy atom. The zero-order chi connectivity index (χ0) is 47.7. The summed E-state index contributed by atoms with van der Waals surface area (Å²) in [6, 6.07) is 39.4. The van der Waals surface area contributed by atoms with Crippen LogP contribution >= 0.6 is 0 Å². The molecule has 2 atom stereocenters. The fourth-order valence-electron chi connectivity index (χ4n) is 14.8. The van der Waals surface area contributed by atoms with Crippen LogP contribution in [0.2, 0.25) is 9.26 Å². The van der Waals surface area contributed by atoms with Crippen LogP contribution in [0, 0.1) is 67.2 Å². The summed E-state index contributed by atoms with van der Waals surface area (Å²) >= 11 is -4.34. The van der Waals surface area contributed by atoms with Gasteiger partial charge in [0.05, 0.1) is 0 Å². The maximum absolute atomic E-state index is 4.34. The number of hydrogen-bond donors (Lipinski definition) is 0. The Balaban J connectivity index is 1.29. The van der Waals surface area contributed by atoms with Gasteiger partial charge in [-0.2, -0.15) is 0 Å². The molecule has 0 N–H and O–H groups in total. The fraction of sp³-hybridized carbons (Fsp3) is 0.394. The molecule has 0 bridgehead atoms. The Morgan fingerprint density at radius 1 is 0.382 bits per heavy atom. The number of aryl methyl sites for hydroxylation is 8. The zero-order valence-electron chi connectivity index (χ0n) is 43.4. The van der Waals surface area contributed by atoms with Crippen LogP contribution in [0.15, 0.2) is 108 Å². The second-order valence-electron chi connectivity index (χ2n) is 24.1. The third kappa shape index (κ3) is 9.21. The first kappa shape index (κ1) is 47.6. The molecule has 0 aliphatic heterocycles. The van der Waals surface area contributed by atoms with E-state index in [1.165, 1.54) is 177 Å². The Bertz CT molecular complexity index is 2810. The van der Waals surface area contributed by atoms with Gasteiger partial charge in [0.2, 0.25) is 0 Å². The van der Waals surface area contributed by atoms with E-state index in [0.29, 0.717) is 7.25 Å². The van der Waals surface area contributed by atoms with Crippen LogP contribution in [0.5, 0.6) is 0 Å². The first-order valence-corrected chi connectivity index (χ1v) is 40.3. The van der Waals surface area contributed by atoms with Crippen molar-refractivity contribution in [2.24, 2.45) is 11.8 Å². The fourth-order valence-corrected chi connectivity index (χ4v) is 34.3. The summed E-state index contributed by atoms with van der Waals surface area (Å²) in [5.41, 5.74) is 32.1. The van der Waals surface area contributed by atoms with E-state index in [1.807, 2.05) is 0 Å². The van der Waals surface area contributed by atoms with E-state index in [-0.39, 0.29) is 0 Å². The minimum absolute atomic E-state index is 0.413. The van der Waals surface area contributed by atoms with Gasteiger partial charge in [0, 0.05) is 0 Å². The molecule has 0 aromatic heterocycles. The van der Waals surface area contributed by atoms with Gasteiger partial charge in [-0.3, -0.25) is 0 Å². The van der Waals surface area contributed by atoms with Crippen molar-refractivity contribution in [2.45, 2.75) is 149 Å². The van der Waals surface area contributed by atoms with Crippen molar-refractivity contribution in [1.29, 1.82) is 0 Å². The molecule has 0 spiro atoms. The van der Waals surface area contributed by atoms with Crippen molar-refractivity contribution < 1.29 is 17.4 Å². The molecule has 0 heterocycles. The molecule has 6 aromatic rings. The van der Waals surface area contributed by atoms with Crippen LogP contribution in [0.4, 0.5) is 0 Å². The summed E-state index contributed by atoms with van der Waals surface area (Å²) in [6.45, 7) is 21.0. The van der Waals surface area contributed by atoms with Gasteiger partial charge in [-0.25, -0.2) is 0 Å². The molecular weight excluding hydrogens is 912 g/mol. The molecule has 2 saturated carbocycles. The number of allylic oxidation sites excluding steroid dienone is 2. The van der Waals surface area contributed by atoms with Crippen molar-refractivity contribution in [3.05, 3.63) is 175 Å². The van der Waals surface area contributed by atoms with Crippen LogP contribution in [0.25, 0.3) is 56.7 Å². The van der Waals surface area contributed by atoms with E-state index >= 15 is 0 Å². The van der Waals surface area contributed by atoms with Crippen LogP contribution in [0.3, 0.4) is 0 Å². The summed E-state index contributed by atoms with van der Waals surface area (Å²) < 4.78 is 6.76. The second kappa shape index (κ2) is 18.6. The molecule has 2 heteroatoms. The summed E-state index contributed by atoms with van der Waals surface area (Å²) in [5.74, 6) is 1.51. The average molecular weight is 991 g/mol. The van der Waals surface area contributed by atoms with Gasteiger partial charge in [0.15, 0.2) is 0 Å². The van der Waals surface area contributed by atoms with Crippen molar-refractivity contribution >= 4 is 19.0 Å². The predicted octanol–water partition coefficient (Wildman–Crippen LogP) is 18.7. The zero-order valence-corrected chi connectivity index (χ0v) is 47.3. The molecule has 0 saturated heterocycles. The van der Waals surface area contributed by atoms with Gasteiger partial charge in [-0.15, -0.1) is 0 Å². The molecule has 4 aliphatic carbocycles. The third-order valence-corrected chi connectivity index (χ3v) is 34.5. The second-order valence-corrected chi connectivity index (χ2v) is 54.6. The van der Waals surface area contributed by atoms with Gasteiger partial charge in [0.25, 0.3) is 0 Å². The Labute approximate surface area is 413 Å². The van der Waals surface area contributed by atoms with E-state index < -0.39 is 17.4 Å². The van der Waals surface area contributed by atoms with Crippen LogP contribution < -0.4 is 0 Å². The Hall–Kier alpha value is -4.10. The summed E-state index contributed by atoms with van der Waals surface area (Å²) in [4.78, 5) is 0. The molecule has 2 unspecified atom stereocenters. The van der Waals surface area contributed by atoms with Crippen molar-refractivity contribution in [1.82, 2.24) is 0 Å². The maximum atomic E-state index is 2.96. The number of benzene rings is 6. The average Bonchev–Trinajstić information content (AvgIpc) is 3.85. The number of rotatable bonds is 10. The molecule has 2 fully saturated rings. The Kier molecular flexibility index (Phi) is 13.0. The molecule has 4 aliphatic rings. The van der Waals surface area contributed by atoms with Gasteiger partial charge >= 0.3 is 417 Å². The van der Waals surface area contributed by atoms with Gasteiger partial charge in [-0.05, 0) is 0 Å². The van der Waals surface area contributed by atoms with E-state index in [0.717, 1.165) is 11.8 Å². The number of fused-ring (bicyclic) bond motifs is 2. The van der Waals surface area contributed by atoms with E-state index in [4.69, 9.17) is 0 Å². The molecule has 350 valence electrons. The van der Waals surface area contributed by atoms with Crippen molar-refractivity contribution in [2.75, 3.05) is 0 Å². The molecule has 68 heavy (non-hydrogen) atoms. The van der Waals surface area contributed by atoms with E-state index in [9.17, 15) is 0 Å². The van der Waals surface area contributed by atoms with Crippen LogP contribution in [-0.4, -0.2) is 6.88 Å². The summed E-state index contributed by atoms with van der Waals surface area (Å²) in [6.07, 6.45) is 21.9. The van der Waals surface area contributed by atoms with Crippen molar-refractivity contribution in [3.8, 4) is 44.5 Å². The number of hydrogen-bond acceptors (Lipinski definition) is 0. The SMILES string of the molecule is Cc1cc(C)cc(-c2ccc(-c3cc(C)cc(C)c3)c3c2C=C(CC2CCCCC2)[CH]3[Zr]([CH3])([CH3])(=[SiH2])[CH]2C(CC3CCCCC3)=Cc3c(-c4cc(C)cc(C)c4)ccc(-c4cc(C)cc(C)c4)c32)c1. The first-order valence-electron chi connectivity index (χ1n) is 26.6. The molecule has 0 amide bonds. The molecule has 6 aromatic carbocycles. The minimum atomic E-state index is -4.34. The molecular formula is C66H78SiZr. The van der Waals surface area contributed by atoms with E-state index in [2.05, 4.69) is 181 Å². The van der Waals surface area contributed by atoms with Crippen LogP contribution in [0.1, 0.15) is 151 Å². The summed E-state index contributed by atoms with van der Waals surface area (Å²) in [7, 11) is 0. The monoisotopic (exact) mass is 988 g/mol. The normalized spacial score (nSPS) is 18.9. The summed E-state index contributed by atoms with van der Waals surface area (Å²) in [5, 5.41) is 0. The first-order chi connectivity index (χ1) is 32.5. The van der Waals surface area contributed by atoms with Gasteiger partial charge < -0.3 is 0 Å². The molecule has 0 radical (unpaired) electrons. The van der Waals surface area contributed by atoms with Gasteiger partial charge in [0.1, 0.15) is 0 Å².